The number of carbonyl (C=O) groups excluding carboxylic acids is 5. The Kier molecular flexibility index (Phi) is 19.5. The van der Waals surface area contributed by atoms with E-state index in [-0.39, 0.29) is 66.0 Å². The molecule has 0 spiro atoms. The van der Waals surface area contributed by atoms with Crippen LogP contribution >= 0.6 is 0 Å². The minimum Gasteiger partial charge on any atom is -0.506 e. The molecule has 2 fully saturated rings. The lowest BCUT2D eigenvalue weighted by Crippen LogP contribution is -2.32. The number of ketones is 1. The molecule has 5 rings (SSSR count). The predicted octanol–water partition coefficient (Wildman–Crippen LogP) is 9.60. The quantitative estimate of drug-likeness (QED) is 0.0838. The molecular formula is C52H76N6O6. The molecule has 4 N–H and O–H groups in total. The maximum Gasteiger partial charge on any atom is 0.246 e. The van der Waals surface area contributed by atoms with Crippen molar-refractivity contribution in [1.29, 1.82) is 0 Å². The minimum atomic E-state index is -0.483. The number of likely N-dealkylation sites (tertiary alicyclic amines) is 1. The van der Waals surface area contributed by atoms with Crippen LogP contribution in [-0.4, -0.2) is 84.4 Å². The number of piperidine rings is 2. The summed E-state index contributed by atoms with van der Waals surface area (Å²) in [6.07, 6.45) is 18.6. The summed E-state index contributed by atoms with van der Waals surface area (Å²) in [5, 5.41) is 21.0. The van der Waals surface area contributed by atoms with Crippen LogP contribution in [0.3, 0.4) is 0 Å². The third-order valence-corrected chi connectivity index (χ3v) is 13.4. The highest BCUT2D eigenvalue weighted by atomic mass is 16.3. The Morgan fingerprint density at radius 1 is 0.703 bits per heavy atom. The smallest absolute Gasteiger partial charge is 0.246 e. The van der Waals surface area contributed by atoms with Crippen molar-refractivity contribution < 1.29 is 29.1 Å². The number of hydrogen-bond acceptors (Lipinski definition) is 8. The van der Waals surface area contributed by atoms with Gasteiger partial charge in [0, 0.05) is 87.5 Å². The lowest BCUT2D eigenvalue weighted by molar-refractivity contribution is -0.125. The van der Waals surface area contributed by atoms with Gasteiger partial charge in [-0.1, -0.05) is 66.2 Å². The number of unbranched alkanes of at least 4 members (excludes halogenated alkanes) is 2. The topological polar surface area (TPSA) is 161 Å². The van der Waals surface area contributed by atoms with Crippen LogP contribution < -0.4 is 20.9 Å². The third-order valence-electron chi connectivity index (χ3n) is 13.4. The number of aliphatic imine (C=N–C) groups is 1. The Balaban J connectivity index is 1.43. The number of anilines is 2. The molecule has 12 heteroatoms. The van der Waals surface area contributed by atoms with Crippen LogP contribution in [-0.2, 0) is 24.0 Å². The first kappa shape index (κ1) is 50.0. The summed E-state index contributed by atoms with van der Waals surface area (Å²) in [4.78, 5) is 76.3. The number of nitrogens with zero attached hydrogens (tertiary/aromatic N) is 3. The van der Waals surface area contributed by atoms with Crippen molar-refractivity contribution in [2.75, 3.05) is 49.5 Å². The highest BCUT2D eigenvalue weighted by Gasteiger charge is 2.40. The van der Waals surface area contributed by atoms with Gasteiger partial charge < -0.3 is 30.9 Å². The zero-order chi connectivity index (χ0) is 46.2. The lowest BCUT2D eigenvalue weighted by Gasteiger charge is -2.34. The number of allylic oxidation sites excluding steroid dienone is 6. The lowest BCUT2D eigenvalue weighted by atomic mass is 9.77. The van der Waals surface area contributed by atoms with E-state index in [0.29, 0.717) is 41.7 Å². The molecule has 0 saturated carbocycles. The van der Waals surface area contributed by atoms with Gasteiger partial charge in [0.25, 0.3) is 0 Å². The molecule has 4 aliphatic rings. The average Bonchev–Trinajstić information content (AvgIpc) is 3.30. The van der Waals surface area contributed by atoms with Crippen molar-refractivity contribution in [3.05, 3.63) is 63.6 Å². The second-order valence-electron chi connectivity index (χ2n) is 18.4. The molecule has 350 valence electrons. The van der Waals surface area contributed by atoms with E-state index in [9.17, 15) is 29.1 Å². The minimum absolute atomic E-state index is 0.00182. The molecule has 2 aliphatic heterocycles. The van der Waals surface area contributed by atoms with Crippen LogP contribution in [0.4, 0.5) is 11.4 Å². The Bertz CT molecular complexity index is 2010. The van der Waals surface area contributed by atoms with Crippen LogP contribution in [0, 0.1) is 18.8 Å². The zero-order valence-corrected chi connectivity index (χ0v) is 39.8. The molecule has 2 atom stereocenters. The highest BCUT2D eigenvalue weighted by Crippen LogP contribution is 2.44. The van der Waals surface area contributed by atoms with E-state index >= 15 is 0 Å². The summed E-state index contributed by atoms with van der Waals surface area (Å²) in [5.74, 6) is -1.07. The van der Waals surface area contributed by atoms with Gasteiger partial charge in [-0.25, -0.2) is 4.99 Å². The number of aryl methyl sites for hydroxylation is 1. The van der Waals surface area contributed by atoms with Crippen LogP contribution in [0.1, 0.15) is 161 Å². The number of rotatable bonds is 22. The molecule has 2 unspecified atom stereocenters. The van der Waals surface area contributed by atoms with Crippen molar-refractivity contribution in [3.8, 4) is 0 Å². The van der Waals surface area contributed by atoms with Gasteiger partial charge in [-0.2, -0.15) is 0 Å². The fourth-order valence-electron chi connectivity index (χ4n) is 9.27. The molecule has 2 heterocycles. The number of benzene rings is 1. The van der Waals surface area contributed by atoms with Gasteiger partial charge in [-0.3, -0.25) is 24.0 Å². The first-order valence-corrected chi connectivity index (χ1v) is 24.6. The van der Waals surface area contributed by atoms with Crippen molar-refractivity contribution >= 4 is 52.1 Å². The maximum atomic E-state index is 14.5. The second kappa shape index (κ2) is 24.9. The Morgan fingerprint density at radius 2 is 1.25 bits per heavy atom. The molecule has 0 radical (unpaired) electrons. The standard InChI is InChI=1S/C52H76N6O6/c1-7-11-19-37(9-3)33-53-45(59)21-23-47(61)55-41-31-43(57-25-15-13-16-26-57)35(5)29-39(41)49-51(63)50(52(49)64)40-30-36(6)44(58-27-17-14-18-28-58)32-42(40)56-48(62)24-22-46(60)54-34-38(10-4)20-12-8-2/h29-32,37-38,63H,7-28,33-34H2,1-6H3,(H,53,59)(H,54,60)(H,55,61). The molecule has 2 saturated heterocycles. The van der Waals surface area contributed by atoms with Crippen molar-refractivity contribution in [2.24, 2.45) is 16.8 Å². The van der Waals surface area contributed by atoms with E-state index in [1.165, 1.54) is 0 Å². The van der Waals surface area contributed by atoms with Crippen LogP contribution in [0.2, 0.25) is 0 Å². The van der Waals surface area contributed by atoms with Gasteiger partial charge in [-0.15, -0.1) is 0 Å². The summed E-state index contributed by atoms with van der Waals surface area (Å²) < 4.78 is 0. The highest BCUT2D eigenvalue weighted by molar-refractivity contribution is 6.42. The van der Waals surface area contributed by atoms with Crippen LogP contribution in [0.15, 0.2) is 57.5 Å². The number of aliphatic hydroxyl groups is 1. The summed E-state index contributed by atoms with van der Waals surface area (Å²) >= 11 is 0. The Hall–Kier alpha value is -5.00. The monoisotopic (exact) mass is 881 g/mol. The Labute approximate surface area is 382 Å². The first-order valence-electron chi connectivity index (χ1n) is 24.6. The predicted molar refractivity (Wildman–Crippen MR) is 258 cm³/mol. The normalized spacial score (nSPS) is 19.5. The number of hydrogen-bond donors (Lipinski definition) is 4. The molecule has 0 bridgehead atoms. The van der Waals surface area contributed by atoms with E-state index in [1.807, 2.05) is 38.1 Å². The number of Topliss-reactive ketones (excluding diaryl/α,β-unsaturated/α-hetero) is 1. The van der Waals surface area contributed by atoms with Crippen LogP contribution in [0.5, 0.6) is 0 Å². The number of aliphatic hydroxyl groups excluding tert-OH is 1. The molecule has 1 aromatic carbocycles. The molecule has 12 nitrogen and oxygen atoms in total. The van der Waals surface area contributed by atoms with E-state index in [0.717, 1.165) is 139 Å². The van der Waals surface area contributed by atoms with Gasteiger partial charge in [0.15, 0.2) is 0 Å². The molecule has 4 amide bonds. The molecule has 2 aliphatic carbocycles. The fraction of sp³-hybridized carbons (Fsp3) is 0.615. The average molecular weight is 881 g/mol. The van der Waals surface area contributed by atoms with E-state index < -0.39 is 11.7 Å². The zero-order valence-electron chi connectivity index (χ0n) is 39.8. The van der Waals surface area contributed by atoms with Gasteiger partial charge in [-0.05, 0) is 112 Å². The van der Waals surface area contributed by atoms with Gasteiger partial charge in [0.2, 0.25) is 29.4 Å². The number of carbonyl (C=O) groups is 5. The van der Waals surface area contributed by atoms with Crippen molar-refractivity contribution in [1.82, 2.24) is 15.5 Å². The first-order chi connectivity index (χ1) is 30.9. The van der Waals surface area contributed by atoms with Gasteiger partial charge in [0.05, 0.1) is 22.5 Å². The summed E-state index contributed by atoms with van der Waals surface area (Å²) in [6, 6.07) is 3.74. The van der Waals surface area contributed by atoms with Gasteiger partial charge >= 0.3 is 0 Å². The maximum absolute atomic E-state index is 14.5. The fourth-order valence-corrected chi connectivity index (χ4v) is 9.27. The summed E-state index contributed by atoms with van der Waals surface area (Å²) in [6.45, 7) is 17.1. The third kappa shape index (κ3) is 13.5. The molecule has 1 aromatic rings. The summed E-state index contributed by atoms with van der Waals surface area (Å²) in [5.41, 5.74) is 5.21. The van der Waals surface area contributed by atoms with Crippen molar-refractivity contribution in [2.45, 2.75) is 157 Å². The van der Waals surface area contributed by atoms with Crippen molar-refractivity contribution in [3.63, 3.8) is 0 Å². The van der Waals surface area contributed by atoms with Gasteiger partial charge in [0.1, 0.15) is 5.76 Å². The molecule has 64 heavy (non-hydrogen) atoms. The summed E-state index contributed by atoms with van der Waals surface area (Å²) in [7, 11) is 0. The molecule has 0 aromatic heterocycles. The number of nitrogens with one attached hydrogen (secondary N) is 3. The largest absolute Gasteiger partial charge is 0.506 e. The molecular weight excluding hydrogens is 805 g/mol. The number of amides is 4. The van der Waals surface area contributed by atoms with E-state index in [1.54, 1.807) is 0 Å². The van der Waals surface area contributed by atoms with Crippen LogP contribution in [0.25, 0.3) is 5.57 Å². The Morgan fingerprint density at radius 3 is 1.80 bits per heavy atom. The second-order valence-corrected chi connectivity index (χ2v) is 18.4. The SMILES string of the molecule is CCCCC(CC)CNC(=O)CCC(=O)N=C1C=C(N2CCCCC2)C(C)=CC1=C1C(=O)C(c2cc(C)c(N3CCCCC3)cc2NC(=O)CCC(=O)NCC(CC)CCCC)=C1O. The van der Waals surface area contributed by atoms with E-state index in [4.69, 9.17) is 0 Å². The van der Waals surface area contributed by atoms with E-state index in [2.05, 4.69) is 58.4 Å².